The van der Waals surface area contributed by atoms with Crippen LogP contribution in [0, 0.1) is 4.91 Å². The first-order valence-electron chi connectivity index (χ1n) is 8.70. The van der Waals surface area contributed by atoms with E-state index in [0.717, 1.165) is 25.8 Å². The van der Waals surface area contributed by atoms with Crippen LogP contribution in [0.25, 0.3) is 0 Å². The van der Waals surface area contributed by atoms with E-state index in [1.54, 1.807) is 0 Å². The van der Waals surface area contributed by atoms with Gasteiger partial charge in [0.05, 0.1) is 11.2 Å². The van der Waals surface area contributed by atoms with Gasteiger partial charge in [0.15, 0.2) is 0 Å². The Morgan fingerprint density at radius 2 is 1.38 bits per heavy atom. The highest BCUT2D eigenvalue weighted by Gasteiger charge is 2.20. The van der Waals surface area contributed by atoms with Gasteiger partial charge >= 0.3 is 5.91 Å². The molecule has 4 nitrogen and oxygen atoms in total. The summed E-state index contributed by atoms with van der Waals surface area (Å²) >= 11 is 0. The maximum atomic E-state index is 11.6. The molecule has 0 aromatic heterocycles. The average Bonchev–Trinajstić information content (AvgIpc) is 2.44. The zero-order valence-corrected chi connectivity index (χ0v) is 14.4. The van der Waals surface area contributed by atoms with Gasteiger partial charge in [0.25, 0.3) is 0 Å². The average molecular weight is 299 g/mol. The number of carbonyl (C=O) groups is 1. The summed E-state index contributed by atoms with van der Waals surface area (Å²) in [5.41, 5.74) is 0. The van der Waals surface area contributed by atoms with E-state index < -0.39 is 0 Å². The normalized spacial score (nSPS) is 11.0. The topological polar surface area (TPSA) is 40.4 Å². The minimum absolute atomic E-state index is 0.239. The maximum absolute atomic E-state index is 11.6. The Hall–Kier alpha value is -0.770. The Morgan fingerprint density at radius 3 is 1.90 bits per heavy atom. The molecule has 124 valence electrons. The molecule has 0 fully saturated rings. The summed E-state index contributed by atoms with van der Waals surface area (Å²) in [6.45, 7) is 3.41. The fourth-order valence-corrected chi connectivity index (χ4v) is 2.37. The first kappa shape index (κ1) is 20.2. The van der Waals surface area contributed by atoms with Gasteiger partial charge in [-0.3, -0.25) is 0 Å². The molecule has 0 rings (SSSR count). The fourth-order valence-electron chi connectivity index (χ4n) is 2.37. The second-order valence-electron chi connectivity index (χ2n) is 6.23. The van der Waals surface area contributed by atoms with Crippen molar-refractivity contribution in [3.63, 3.8) is 0 Å². The SMILES string of the molecule is CCCCCCCCCCCC(=O)[N+](=O)CCCN(C)C. The number of rotatable bonds is 14. The highest BCUT2D eigenvalue weighted by Crippen LogP contribution is 2.10. The van der Waals surface area contributed by atoms with Gasteiger partial charge in [-0.15, -0.1) is 0 Å². The third kappa shape index (κ3) is 13.9. The molecule has 0 unspecified atom stereocenters. The molecule has 0 aliphatic heterocycles. The van der Waals surface area contributed by atoms with Crippen LogP contribution in [0.3, 0.4) is 0 Å². The zero-order valence-electron chi connectivity index (χ0n) is 14.4. The molecule has 0 aromatic carbocycles. The van der Waals surface area contributed by atoms with Crippen LogP contribution >= 0.6 is 0 Å². The largest absolute Gasteiger partial charge is 0.433 e. The molecule has 0 bridgehead atoms. The van der Waals surface area contributed by atoms with E-state index in [2.05, 4.69) is 6.92 Å². The summed E-state index contributed by atoms with van der Waals surface area (Å²) in [6.07, 6.45) is 12.2. The van der Waals surface area contributed by atoms with E-state index in [0.29, 0.717) is 17.7 Å². The highest BCUT2D eigenvalue weighted by atomic mass is 16.3. The lowest BCUT2D eigenvalue weighted by atomic mass is 10.1. The molecule has 4 heteroatoms. The second-order valence-corrected chi connectivity index (χ2v) is 6.23. The summed E-state index contributed by atoms with van der Waals surface area (Å²) in [6, 6.07) is 0. The molecule has 0 aliphatic carbocycles. The van der Waals surface area contributed by atoms with Gasteiger partial charge in [0.2, 0.25) is 6.54 Å². The van der Waals surface area contributed by atoms with Crippen LogP contribution in [-0.2, 0) is 4.79 Å². The van der Waals surface area contributed by atoms with Gasteiger partial charge in [-0.05, 0) is 20.5 Å². The number of nitrogens with zero attached hydrogens (tertiary/aromatic N) is 2. The van der Waals surface area contributed by atoms with Crippen LogP contribution in [0.5, 0.6) is 0 Å². The van der Waals surface area contributed by atoms with Crippen LogP contribution in [0.1, 0.15) is 77.6 Å². The van der Waals surface area contributed by atoms with E-state index in [1.807, 2.05) is 19.0 Å². The van der Waals surface area contributed by atoms with Crippen LogP contribution < -0.4 is 0 Å². The molecule has 21 heavy (non-hydrogen) atoms. The summed E-state index contributed by atoms with van der Waals surface area (Å²) in [5.74, 6) is -0.239. The van der Waals surface area contributed by atoms with E-state index in [4.69, 9.17) is 0 Å². The molecule has 1 amide bonds. The Bertz CT molecular complexity index is 278. The minimum atomic E-state index is -0.239. The molecule has 0 saturated heterocycles. The van der Waals surface area contributed by atoms with Crippen LogP contribution in [0.2, 0.25) is 0 Å². The van der Waals surface area contributed by atoms with E-state index >= 15 is 0 Å². The molecule has 0 spiro atoms. The highest BCUT2D eigenvalue weighted by molar-refractivity contribution is 5.66. The van der Waals surface area contributed by atoms with E-state index in [9.17, 15) is 9.70 Å². The summed E-state index contributed by atoms with van der Waals surface area (Å²) in [4.78, 5) is 25.2. The van der Waals surface area contributed by atoms with Crippen molar-refractivity contribution >= 4 is 5.91 Å². The molecule has 0 atom stereocenters. The molecule has 0 heterocycles. The van der Waals surface area contributed by atoms with Crippen LogP contribution in [0.15, 0.2) is 0 Å². The van der Waals surface area contributed by atoms with Gasteiger partial charge in [-0.1, -0.05) is 58.3 Å². The number of unbranched alkanes of at least 4 members (excludes halogenated alkanes) is 8. The van der Waals surface area contributed by atoms with Crippen LogP contribution in [0.4, 0.5) is 0 Å². The summed E-state index contributed by atoms with van der Waals surface area (Å²) < 4.78 is 0.647. The first-order valence-corrected chi connectivity index (χ1v) is 8.70. The maximum Gasteiger partial charge on any atom is 0.433 e. The Balaban J connectivity index is 3.38. The Kier molecular flexibility index (Phi) is 13.7. The predicted octanol–water partition coefficient (Wildman–Crippen LogP) is 4.16. The number of hydrogen-bond donors (Lipinski definition) is 0. The molecular formula is C17H35N2O2+. The smallest absolute Gasteiger partial charge is 0.309 e. The number of hydrogen-bond acceptors (Lipinski definition) is 3. The molecule has 0 aromatic rings. The standard InChI is InChI=1S/C17H35N2O2/c1-4-5-6-7-8-9-10-11-12-14-17(20)19(21)16-13-15-18(2)3/h4-16H2,1-3H3/q+1. The lowest BCUT2D eigenvalue weighted by molar-refractivity contribution is -0.470. The van der Waals surface area contributed by atoms with Gasteiger partial charge < -0.3 is 4.90 Å². The van der Waals surface area contributed by atoms with Crippen molar-refractivity contribution in [2.24, 2.45) is 0 Å². The molecule has 0 saturated carbocycles. The van der Waals surface area contributed by atoms with Crippen molar-refractivity contribution in [1.29, 1.82) is 0 Å². The number of carbonyl (C=O) groups excluding carboxylic acids is 1. The number of amides is 1. The van der Waals surface area contributed by atoms with Crippen molar-refractivity contribution < 1.29 is 9.55 Å². The lowest BCUT2D eigenvalue weighted by Gasteiger charge is -2.05. The Morgan fingerprint density at radius 1 is 0.857 bits per heavy atom. The quantitative estimate of drug-likeness (QED) is 0.357. The zero-order chi connectivity index (χ0) is 15.9. The predicted molar refractivity (Wildman–Crippen MR) is 88.5 cm³/mol. The fraction of sp³-hybridized carbons (Fsp3) is 0.941. The summed E-state index contributed by atoms with van der Waals surface area (Å²) in [5, 5.41) is 0. The molecule has 0 radical (unpaired) electrons. The third-order valence-corrected chi connectivity index (χ3v) is 3.74. The molecule has 0 N–H and O–H groups in total. The van der Waals surface area contributed by atoms with Gasteiger partial charge in [0.1, 0.15) is 0 Å². The van der Waals surface area contributed by atoms with Crippen molar-refractivity contribution in [2.75, 3.05) is 27.2 Å². The second kappa shape index (κ2) is 14.2. The number of nitroso groups, excluding NO2 is 1. The van der Waals surface area contributed by atoms with Crippen molar-refractivity contribution in [2.45, 2.75) is 77.6 Å². The monoisotopic (exact) mass is 299 g/mol. The van der Waals surface area contributed by atoms with Crippen LogP contribution in [-0.4, -0.2) is 42.8 Å². The van der Waals surface area contributed by atoms with Gasteiger partial charge in [0, 0.05) is 17.9 Å². The van der Waals surface area contributed by atoms with Gasteiger partial charge in [-0.2, -0.15) is 0 Å². The van der Waals surface area contributed by atoms with Crippen molar-refractivity contribution in [1.82, 2.24) is 4.90 Å². The Labute approximate surface area is 130 Å². The third-order valence-electron chi connectivity index (χ3n) is 3.74. The molecular weight excluding hydrogens is 264 g/mol. The first-order chi connectivity index (χ1) is 10.1. The molecule has 0 aliphatic rings. The van der Waals surface area contributed by atoms with E-state index in [-0.39, 0.29) is 5.91 Å². The van der Waals surface area contributed by atoms with Gasteiger partial charge in [-0.25, -0.2) is 4.79 Å². The lowest BCUT2D eigenvalue weighted by Crippen LogP contribution is -2.22. The van der Waals surface area contributed by atoms with E-state index in [1.165, 1.54) is 44.9 Å². The minimum Gasteiger partial charge on any atom is -0.309 e. The van der Waals surface area contributed by atoms with Crippen molar-refractivity contribution in [3.8, 4) is 0 Å². The summed E-state index contributed by atoms with van der Waals surface area (Å²) in [7, 11) is 3.94. The van der Waals surface area contributed by atoms with Crippen molar-refractivity contribution in [3.05, 3.63) is 4.91 Å².